The normalized spacial score (nSPS) is 12.2. The molecule has 0 aliphatic heterocycles. The van der Waals surface area contributed by atoms with Crippen LogP contribution in [0.2, 0.25) is 5.02 Å². The first-order chi connectivity index (χ1) is 8.21. The number of Topliss-reactive ketones (excluding diaryl/α,β-unsaturated/α-hetero) is 1. The lowest BCUT2D eigenvalue weighted by Crippen LogP contribution is -2.46. The number of aromatic nitrogens is 2. The molecular formula is C13H22ClN3O. The third kappa shape index (κ3) is 2.75. The van der Waals surface area contributed by atoms with Crippen LogP contribution in [-0.4, -0.2) is 40.1 Å². The second-order valence-electron chi connectivity index (χ2n) is 5.22. The molecule has 1 rings (SSSR count). The molecule has 5 heteroatoms. The molecule has 102 valence electrons. The van der Waals surface area contributed by atoms with Crippen LogP contribution in [0.25, 0.3) is 0 Å². The first-order valence-electron chi connectivity index (χ1n) is 6.14. The fraction of sp³-hybridized carbons (Fsp3) is 0.692. The van der Waals surface area contributed by atoms with Crippen LogP contribution in [0.4, 0.5) is 0 Å². The second kappa shape index (κ2) is 5.41. The van der Waals surface area contributed by atoms with Gasteiger partial charge in [-0.15, -0.1) is 0 Å². The van der Waals surface area contributed by atoms with Gasteiger partial charge in [-0.2, -0.15) is 5.10 Å². The van der Waals surface area contributed by atoms with Crippen LogP contribution in [0.3, 0.4) is 0 Å². The van der Waals surface area contributed by atoms with Crippen molar-refractivity contribution in [2.45, 2.75) is 46.2 Å². The van der Waals surface area contributed by atoms with Gasteiger partial charge in [0, 0.05) is 6.54 Å². The molecule has 1 heterocycles. The van der Waals surface area contributed by atoms with Crippen LogP contribution in [0, 0.1) is 6.92 Å². The first-order valence-corrected chi connectivity index (χ1v) is 6.52. The number of ketones is 1. The minimum atomic E-state index is -0.500. The van der Waals surface area contributed by atoms with Crippen molar-refractivity contribution in [2.24, 2.45) is 0 Å². The Balaban J connectivity index is 3.02. The van der Waals surface area contributed by atoms with Crippen LogP contribution >= 0.6 is 11.6 Å². The van der Waals surface area contributed by atoms with Gasteiger partial charge in [-0.05, 0) is 41.8 Å². The standard InChI is InChI=1S/C13H22ClN3O/c1-7-17-10(12(14)9(2)15-17)8-11(18)13(3,4)16(5)6/h7-8H2,1-6H3. The Morgan fingerprint density at radius 2 is 2.00 bits per heavy atom. The van der Waals surface area contributed by atoms with Gasteiger partial charge in [0.15, 0.2) is 5.78 Å². The van der Waals surface area contributed by atoms with E-state index in [4.69, 9.17) is 11.6 Å². The largest absolute Gasteiger partial charge is 0.298 e. The summed E-state index contributed by atoms with van der Waals surface area (Å²) in [6.45, 7) is 8.41. The molecule has 1 aromatic rings. The topological polar surface area (TPSA) is 38.1 Å². The van der Waals surface area contributed by atoms with Crippen molar-refractivity contribution < 1.29 is 4.79 Å². The molecule has 0 unspecified atom stereocenters. The molecule has 0 atom stereocenters. The molecule has 0 aromatic carbocycles. The molecule has 4 nitrogen and oxygen atoms in total. The molecule has 0 radical (unpaired) electrons. The zero-order valence-corrected chi connectivity index (χ0v) is 12.8. The molecule has 1 aromatic heterocycles. The number of carbonyl (C=O) groups is 1. The second-order valence-corrected chi connectivity index (χ2v) is 5.59. The van der Waals surface area contributed by atoms with Crippen LogP contribution in [0.1, 0.15) is 32.2 Å². The number of hydrogen-bond acceptors (Lipinski definition) is 3. The van der Waals surface area contributed by atoms with Crippen molar-refractivity contribution in [3.8, 4) is 0 Å². The van der Waals surface area contributed by atoms with E-state index in [1.165, 1.54) is 0 Å². The molecule has 18 heavy (non-hydrogen) atoms. The van der Waals surface area contributed by atoms with E-state index in [1.807, 2.05) is 46.7 Å². The third-order valence-electron chi connectivity index (χ3n) is 3.58. The molecular weight excluding hydrogens is 250 g/mol. The Bertz CT molecular complexity index is 449. The SMILES string of the molecule is CCn1nc(C)c(Cl)c1CC(=O)C(C)(C)N(C)C. The predicted molar refractivity (Wildman–Crippen MR) is 74.1 cm³/mol. The van der Waals surface area contributed by atoms with Gasteiger partial charge in [0.2, 0.25) is 0 Å². The average molecular weight is 272 g/mol. The highest BCUT2D eigenvalue weighted by Gasteiger charge is 2.31. The van der Waals surface area contributed by atoms with Crippen molar-refractivity contribution in [3.05, 3.63) is 16.4 Å². The number of rotatable bonds is 5. The molecule has 0 spiro atoms. The molecule has 0 N–H and O–H groups in total. The van der Waals surface area contributed by atoms with Crippen molar-refractivity contribution in [1.29, 1.82) is 0 Å². The highest BCUT2D eigenvalue weighted by Crippen LogP contribution is 2.23. The molecule has 0 fully saturated rings. The van der Waals surface area contributed by atoms with Gasteiger partial charge >= 0.3 is 0 Å². The highest BCUT2D eigenvalue weighted by atomic mass is 35.5. The van der Waals surface area contributed by atoms with E-state index < -0.39 is 5.54 Å². The Morgan fingerprint density at radius 3 is 2.44 bits per heavy atom. The minimum absolute atomic E-state index is 0.143. The summed E-state index contributed by atoms with van der Waals surface area (Å²) in [6.07, 6.45) is 0.318. The first kappa shape index (κ1) is 15.2. The Kier molecular flexibility index (Phi) is 4.56. The lowest BCUT2D eigenvalue weighted by atomic mass is 9.94. The van der Waals surface area contributed by atoms with Gasteiger partial charge in [-0.1, -0.05) is 11.6 Å². The number of halogens is 1. The van der Waals surface area contributed by atoms with E-state index >= 15 is 0 Å². The lowest BCUT2D eigenvalue weighted by molar-refractivity contribution is -0.127. The van der Waals surface area contributed by atoms with Crippen LogP contribution in [-0.2, 0) is 17.8 Å². The summed E-state index contributed by atoms with van der Waals surface area (Å²) in [5, 5.41) is 4.94. The maximum atomic E-state index is 12.4. The zero-order chi connectivity index (χ0) is 14.1. The fourth-order valence-electron chi connectivity index (χ4n) is 1.66. The number of nitrogens with zero attached hydrogens (tertiary/aromatic N) is 3. The molecule has 0 aliphatic carbocycles. The maximum absolute atomic E-state index is 12.4. The summed E-state index contributed by atoms with van der Waals surface area (Å²) in [6, 6.07) is 0. The predicted octanol–water partition coefficient (Wildman–Crippen LogP) is 2.32. The smallest absolute Gasteiger partial charge is 0.158 e. The monoisotopic (exact) mass is 271 g/mol. The quantitative estimate of drug-likeness (QED) is 0.825. The Hall–Kier alpha value is -0.870. The van der Waals surface area contributed by atoms with Gasteiger partial charge in [-0.3, -0.25) is 14.4 Å². The molecule has 0 saturated carbocycles. The summed E-state index contributed by atoms with van der Waals surface area (Å²) in [5.74, 6) is 0.143. The van der Waals surface area contributed by atoms with Crippen LogP contribution in [0.15, 0.2) is 0 Å². The number of hydrogen-bond donors (Lipinski definition) is 0. The maximum Gasteiger partial charge on any atom is 0.158 e. The van der Waals surface area contributed by atoms with E-state index in [0.717, 1.165) is 17.9 Å². The summed E-state index contributed by atoms with van der Waals surface area (Å²) in [7, 11) is 3.81. The van der Waals surface area contributed by atoms with E-state index in [0.29, 0.717) is 11.4 Å². The van der Waals surface area contributed by atoms with Gasteiger partial charge in [0.05, 0.1) is 28.4 Å². The highest BCUT2D eigenvalue weighted by molar-refractivity contribution is 6.32. The van der Waals surface area contributed by atoms with Gasteiger partial charge in [0.1, 0.15) is 0 Å². The Morgan fingerprint density at radius 1 is 1.44 bits per heavy atom. The van der Waals surface area contributed by atoms with Gasteiger partial charge in [0.25, 0.3) is 0 Å². The van der Waals surface area contributed by atoms with E-state index in [1.54, 1.807) is 4.68 Å². The summed E-state index contributed by atoms with van der Waals surface area (Å²) >= 11 is 6.22. The average Bonchev–Trinajstić information content (AvgIpc) is 2.56. The van der Waals surface area contributed by atoms with Crippen molar-refractivity contribution in [3.63, 3.8) is 0 Å². The summed E-state index contributed by atoms with van der Waals surface area (Å²) in [5.41, 5.74) is 1.10. The van der Waals surface area contributed by atoms with Crippen LogP contribution < -0.4 is 0 Å². The number of carbonyl (C=O) groups excluding carboxylic acids is 1. The van der Waals surface area contributed by atoms with E-state index in [9.17, 15) is 4.79 Å². The van der Waals surface area contributed by atoms with Crippen molar-refractivity contribution in [1.82, 2.24) is 14.7 Å². The zero-order valence-electron chi connectivity index (χ0n) is 12.0. The number of aryl methyl sites for hydroxylation is 2. The summed E-state index contributed by atoms with van der Waals surface area (Å²) < 4.78 is 1.81. The molecule has 0 aliphatic rings. The Labute approximate surface area is 114 Å². The van der Waals surface area contributed by atoms with Crippen molar-refractivity contribution in [2.75, 3.05) is 14.1 Å². The van der Waals surface area contributed by atoms with Crippen molar-refractivity contribution >= 4 is 17.4 Å². The fourth-order valence-corrected chi connectivity index (χ4v) is 1.86. The van der Waals surface area contributed by atoms with Crippen LogP contribution in [0.5, 0.6) is 0 Å². The van der Waals surface area contributed by atoms with Gasteiger partial charge < -0.3 is 0 Å². The number of likely N-dealkylation sites (N-methyl/N-ethyl adjacent to an activating group) is 1. The third-order valence-corrected chi connectivity index (χ3v) is 4.07. The van der Waals surface area contributed by atoms with Gasteiger partial charge in [-0.25, -0.2) is 0 Å². The molecule has 0 amide bonds. The molecule has 0 saturated heterocycles. The molecule has 0 bridgehead atoms. The lowest BCUT2D eigenvalue weighted by Gasteiger charge is -2.31. The van der Waals surface area contributed by atoms with E-state index in [-0.39, 0.29) is 5.78 Å². The minimum Gasteiger partial charge on any atom is -0.298 e. The summed E-state index contributed by atoms with van der Waals surface area (Å²) in [4.78, 5) is 14.3. The van der Waals surface area contributed by atoms with E-state index in [2.05, 4.69) is 5.10 Å².